The standard InChI is InChI=1S/C22H23N5O2S.C2HF3O2/c1-16-8-11-24-27(16)15-18-14-21-20(9-10-23-22(21)25-18)17-4-6-19(7-5-17)30(28,29)26-12-2-3-13-26;3-2(4,5)1(6)7/h4-11,14H,2-3,12-13,15H2,1H3,(H,23,25);(H,6,7). The highest BCUT2D eigenvalue weighted by molar-refractivity contribution is 7.89. The number of aliphatic carboxylic acids is 1. The van der Waals surface area contributed by atoms with Gasteiger partial charge < -0.3 is 10.1 Å². The Balaban J connectivity index is 0.000000405. The van der Waals surface area contributed by atoms with Gasteiger partial charge in [-0.25, -0.2) is 18.2 Å². The van der Waals surface area contributed by atoms with E-state index in [-0.39, 0.29) is 0 Å². The molecule has 2 N–H and O–H groups in total. The van der Waals surface area contributed by atoms with Crippen LogP contribution in [-0.2, 0) is 21.4 Å². The van der Waals surface area contributed by atoms with Gasteiger partial charge in [0.1, 0.15) is 5.65 Å². The number of aryl methyl sites for hydroxylation is 1. The number of benzene rings is 1. The van der Waals surface area contributed by atoms with Crippen molar-refractivity contribution in [3.63, 3.8) is 0 Å². The molecule has 1 fully saturated rings. The lowest BCUT2D eigenvalue weighted by Gasteiger charge is -2.15. The first kappa shape index (κ1) is 26.4. The van der Waals surface area contributed by atoms with E-state index in [1.54, 1.807) is 28.8 Å². The second kappa shape index (κ2) is 10.3. The molecule has 0 amide bonds. The maximum absolute atomic E-state index is 12.8. The van der Waals surface area contributed by atoms with Crippen LogP contribution in [0.15, 0.2) is 59.8 Å². The van der Waals surface area contributed by atoms with Gasteiger partial charge in [0.2, 0.25) is 10.0 Å². The summed E-state index contributed by atoms with van der Waals surface area (Å²) in [5.41, 5.74) is 4.90. The van der Waals surface area contributed by atoms with Gasteiger partial charge in [-0.05, 0) is 61.2 Å². The number of carbonyl (C=O) groups is 1. The smallest absolute Gasteiger partial charge is 0.475 e. The van der Waals surface area contributed by atoms with Crippen molar-refractivity contribution in [2.24, 2.45) is 0 Å². The van der Waals surface area contributed by atoms with Crippen molar-refractivity contribution in [3.8, 4) is 11.1 Å². The third kappa shape index (κ3) is 5.83. The van der Waals surface area contributed by atoms with E-state index in [1.165, 1.54) is 0 Å². The molecule has 1 saturated heterocycles. The van der Waals surface area contributed by atoms with E-state index in [9.17, 15) is 21.6 Å². The van der Waals surface area contributed by atoms with E-state index in [0.29, 0.717) is 24.5 Å². The van der Waals surface area contributed by atoms with Crippen molar-refractivity contribution in [1.29, 1.82) is 0 Å². The van der Waals surface area contributed by atoms with Gasteiger partial charge in [0, 0.05) is 42.3 Å². The molecular weight excluding hydrogens is 511 g/mol. The van der Waals surface area contributed by atoms with Crippen LogP contribution in [0.25, 0.3) is 22.2 Å². The number of hydrogen-bond donors (Lipinski definition) is 2. The van der Waals surface area contributed by atoms with Gasteiger partial charge in [0.15, 0.2) is 0 Å². The number of halogens is 3. The number of aromatic nitrogens is 4. The number of carboxylic acid groups (broad SMARTS) is 1. The molecule has 0 aliphatic carbocycles. The van der Waals surface area contributed by atoms with Crippen LogP contribution < -0.4 is 0 Å². The van der Waals surface area contributed by atoms with Gasteiger partial charge in [-0.2, -0.15) is 22.6 Å². The first-order chi connectivity index (χ1) is 17.5. The van der Waals surface area contributed by atoms with Crippen LogP contribution in [0.2, 0.25) is 0 Å². The number of rotatable bonds is 5. The first-order valence-electron chi connectivity index (χ1n) is 11.3. The molecule has 196 valence electrons. The number of nitrogens with one attached hydrogen (secondary N) is 1. The van der Waals surface area contributed by atoms with Crippen molar-refractivity contribution < 1.29 is 31.5 Å². The number of hydrogen-bond acceptors (Lipinski definition) is 5. The molecule has 0 atom stereocenters. The molecule has 1 aliphatic heterocycles. The number of sulfonamides is 1. The molecule has 1 aliphatic rings. The van der Waals surface area contributed by atoms with Gasteiger partial charge in [-0.1, -0.05) is 12.1 Å². The van der Waals surface area contributed by atoms with E-state index in [2.05, 4.69) is 21.1 Å². The Morgan fingerprint density at radius 3 is 2.30 bits per heavy atom. The molecule has 0 spiro atoms. The van der Waals surface area contributed by atoms with E-state index in [0.717, 1.165) is 46.4 Å². The number of aromatic amines is 1. The largest absolute Gasteiger partial charge is 0.490 e. The molecular formula is C24H24F3N5O4S. The number of pyridine rings is 1. The fourth-order valence-electron chi connectivity index (χ4n) is 4.03. The van der Waals surface area contributed by atoms with Crippen LogP contribution in [0.4, 0.5) is 13.2 Å². The lowest BCUT2D eigenvalue weighted by molar-refractivity contribution is -0.192. The van der Waals surface area contributed by atoms with Crippen LogP contribution in [0, 0.1) is 6.92 Å². The van der Waals surface area contributed by atoms with Crippen molar-refractivity contribution in [2.45, 2.75) is 37.4 Å². The predicted molar refractivity (Wildman–Crippen MR) is 129 cm³/mol. The highest BCUT2D eigenvalue weighted by Crippen LogP contribution is 2.30. The van der Waals surface area contributed by atoms with Crippen molar-refractivity contribution in [2.75, 3.05) is 13.1 Å². The topological polar surface area (TPSA) is 121 Å². The van der Waals surface area contributed by atoms with E-state index in [1.807, 2.05) is 35.9 Å². The van der Waals surface area contributed by atoms with E-state index in [4.69, 9.17) is 9.90 Å². The maximum Gasteiger partial charge on any atom is 0.490 e. The second-order valence-corrected chi connectivity index (χ2v) is 10.4. The average Bonchev–Trinajstić information content (AvgIpc) is 3.61. The Morgan fingerprint density at radius 1 is 1.08 bits per heavy atom. The van der Waals surface area contributed by atoms with Crippen molar-refractivity contribution in [1.82, 2.24) is 24.1 Å². The number of fused-ring (bicyclic) bond motifs is 1. The average molecular weight is 536 g/mol. The zero-order valence-electron chi connectivity index (χ0n) is 19.7. The predicted octanol–water partition coefficient (Wildman–Crippen LogP) is 4.20. The Bertz CT molecular complexity index is 1510. The van der Waals surface area contributed by atoms with Gasteiger partial charge in [0.05, 0.1) is 11.4 Å². The Labute approximate surface area is 210 Å². The number of nitrogens with zero attached hydrogens (tertiary/aromatic N) is 4. The molecule has 0 radical (unpaired) electrons. The van der Waals surface area contributed by atoms with Gasteiger partial charge in [-0.15, -0.1) is 0 Å². The summed E-state index contributed by atoms with van der Waals surface area (Å²) >= 11 is 0. The summed E-state index contributed by atoms with van der Waals surface area (Å²) in [4.78, 5) is 17.1. The Morgan fingerprint density at radius 2 is 1.73 bits per heavy atom. The summed E-state index contributed by atoms with van der Waals surface area (Å²) in [6, 6.07) is 13.2. The van der Waals surface area contributed by atoms with Crippen LogP contribution in [0.5, 0.6) is 0 Å². The third-order valence-corrected chi connectivity index (χ3v) is 7.86. The highest BCUT2D eigenvalue weighted by atomic mass is 32.2. The Kier molecular flexibility index (Phi) is 7.37. The molecule has 0 bridgehead atoms. The summed E-state index contributed by atoms with van der Waals surface area (Å²) in [6.07, 6.45) is 0.339. The fraction of sp³-hybridized carbons (Fsp3) is 0.292. The summed E-state index contributed by atoms with van der Waals surface area (Å²) in [7, 11) is -3.40. The molecule has 0 saturated carbocycles. The summed E-state index contributed by atoms with van der Waals surface area (Å²) in [5, 5.41) is 12.5. The molecule has 4 heterocycles. The fourth-order valence-corrected chi connectivity index (χ4v) is 5.54. The van der Waals surface area contributed by atoms with E-state index < -0.39 is 22.2 Å². The van der Waals surface area contributed by atoms with Gasteiger partial charge in [-0.3, -0.25) is 4.68 Å². The molecule has 5 rings (SSSR count). The number of H-pyrrole nitrogens is 1. The van der Waals surface area contributed by atoms with Crippen molar-refractivity contribution in [3.05, 3.63) is 66.2 Å². The van der Waals surface area contributed by atoms with E-state index >= 15 is 0 Å². The molecule has 13 heteroatoms. The second-order valence-electron chi connectivity index (χ2n) is 8.48. The van der Waals surface area contributed by atoms with Crippen LogP contribution >= 0.6 is 0 Å². The number of alkyl halides is 3. The van der Waals surface area contributed by atoms with Crippen LogP contribution in [-0.4, -0.2) is 62.8 Å². The maximum atomic E-state index is 12.8. The lowest BCUT2D eigenvalue weighted by Crippen LogP contribution is -2.27. The molecule has 4 aromatic rings. The van der Waals surface area contributed by atoms with Crippen molar-refractivity contribution >= 4 is 27.0 Å². The minimum absolute atomic E-state index is 0.349. The summed E-state index contributed by atoms with van der Waals surface area (Å²) in [6.45, 7) is 3.88. The third-order valence-electron chi connectivity index (χ3n) is 5.95. The molecule has 37 heavy (non-hydrogen) atoms. The first-order valence-corrected chi connectivity index (χ1v) is 12.8. The van der Waals surface area contributed by atoms with Gasteiger partial charge in [0.25, 0.3) is 0 Å². The van der Waals surface area contributed by atoms with Gasteiger partial charge >= 0.3 is 12.1 Å². The zero-order chi connectivity index (χ0) is 26.8. The quantitative estimate of drug-likeness (QED) is 0.395. The SMILES string of the molecule is Cc1ccnn1Cc1cc2c(-c3ccc(S(=O)(=O)N4CCCC4)cc3)ccnc2[nH]1.O=C(O)C(F)(F)F. The Hall–Kier alpha value is -3.71. The zero-order valence-corrected chi connectivity index (χ0v) is 20.6. The highest BCUT2D eigenvalue weighted by Gasteiger charge is 2.38. The summed E-state index contributed by atoms with van der Waals surface area (Å²) in [5.74, 6) is -2.76. The molecule has 3 aromatic heterocycles. The molecule has 0 unspecified atom stereocenters. The lowest BCUT2D eigenvalue weighted by atomic mass is 10.0. The van der Waals surface area contributed by atoms with Crippen LogP contribution in [0.3, 0.4) is 0 Å². The monoisotopic (exact) mass is 535 g/mol. The molecule has 9 nitrogen and oxygen atoms in total. The number of carboxylic acids is 1. The minimum Gasteiger partial charge on any atom is -0.475 e. The normalized spacial score (nSPS) is 14.5. The van der Waals surface area contributed by atoms with Crippen LogP contribution in [0.1, 0.15) is 24.2 Å². The summed E-state index contributed by atoms with van der Waals surface area (Å²) < 4.78 is 60.8. The molecule has 1 aromatic carbocycles. The minimum atomic E-state index is -5.08.